The molecule has 5 nitrogen and oxygen atoms in total. The molecule has 1 aliphatic rings. The molecular weight excluding hydrogens is 246 g/mol. The summed E-state index contributed by atoms with van der Waals surface area (Å²) in [5, 5.41) is 2.55. The standard InChI is InChI=1S/C14H25NO4/c1-9-5-6-12(7-10(9)2)19-8-13(14(17)18-4)15-11(3)16/h9-10,12-13H,5-8H2,1-4H3,(H,15,16). The minimum atomic E-state index is -0.711. The molecule has 110 valence electrons. The zero-order valence-corrected chi connectivity index (χ0v) is 12.3. The van der Waals surface area contributed by atoms with Crippen LogP contribution in [0.4, 0.5) is 0 Å². The molecule has 0 bridgehead atoms. The number of hydrogen-bond donors (Lipinski definition) is 1. The van der Waals surface area contributed by atoms with Crippen molar-refractivity contribution in [3.8, 4) is 0 Å². The summed E-state index contributed by atoms with van der Waals surface area (Å²) in [4.78, 5) is 22.6. The average molecular weight is 271 g/mol. The third-order valence-electron chi connectivity index (χ3n) is 3.91. The van der Waals surface area contributed by atoms with Crippen LogP contribution in [0, 0.1) is 11.8 Å². The van der Waals surface area contributed by atoms with Gasteiger partial charge in [-0.3, -0.25) is 4.79 Å². The van der Waals surface area contributed by atoms with Crippen LogP contribution < -0.4 is 5.32 Å². The van der Waals surface area contributed by atoms with E-state index < -0.39 is 12.0 Å². The van der Waals surface area contributed by atoms with Crippen molar-refractivity contribution < 1.29 is 19.1 Å². The number of carbonyl (C=O) groups excluding carboxylic acids is 2. The van der Waals surface area contributed by atoms with Crippen LogP contribution in [-0.4, -0.2) is 37.7 Å². The quantitative estimate of drug-likeness (QED) is 0.770. The van der Waals surface area contributed by atoms with Gasteiger partial charge in [0.2, 0.25) is 5.91 Å². The first kappa shape index (κ1) is 16.0. The second-order valence-corrected chi connectivity index (χ2v) is 5.50. The van der Waals surface area contributed by atoms with E-state index in [-0.39, 0.29) is 18.6 Å². The molecule has 19 heavy (non-hydrogen) atoms. The number of hydrogen-bond acceptors (Lipinski definition) is 4. The predicted octanol–water partition coefficient (Wildman–Crippen LogP) is 1.51. The van der Waals surface area contributed by atoms with Crippen LogP contribution in [0.25, 0.3) is 0 Å². The fraction of sp³-hybridized carbons (Fsp3) is 0.857. The maximum atomic E-state index is 11.5. The van der Waals surface area contributed by atoms with E-state index in [2.05, 4.69) is 23.9 Å². The van der Waals surface area contributed by atoms with E-state index in [1.807, 2.05) is 0 Å². The Balaban J connectivity index is 2.43. The van der Waals surface area contributed by atoms with Gasteiger partial charge in [-0.2, -0.15) is 0 Å². The number of methoxy groups -OCH3 is 1. The van der Waals surface area contributed by atoms with Crippen LogP contribution in [0.2, 0.25) is 0 Å². The van der Waals surface area contributed by atoms with Crippen LogP contribution >= 0.6 is 0 Å². The topological polar surface area (TPSA) is 64.6 Å². The highest BCUT2D eigenvalue weighted by atomic mass is 16.5. The smallest absolute Gasteiger partial charge is 0.330 e. The van der Waals surface area contributed by atoms with Gasteiger partial charge in [-0.05, 0) is 31.1 Å². The molecule has 5 heteroatoms. The molecule has 0 aliphatic heterocycles. The van der Waals surface area contributed by atoms with E-state index in [9.17, 15) is 9.59 Å². The van der Waals surface area contributed by atoms with Gasteiger partial charge in [0.05, 0.1) is 19.8 Å². The van der Waals surface area contributed by atoms with Gasteiger partial charge in [-0.15, -0.1) is 0 Å². The van der Waals surface area contributed by atoms with Gasteiger partial charge in [0.25, 0.3) is 0 Å². The van der Waals surface area contributed by atoms with Crippen LogP contribution in [0.15, 0.2) is 0 Å². The summed E-state index contributed by atoms with van der Waals surface area (Å²) in [5.41, 5.74) is 0. The van der Waals surface area contributed by atoms with Gasteiger partial charge in [0.1, 0.15) is 0 Å². The summed E-state index contributed by atoms with van der Waals surface area (Å²) in [6.45, 7) is 6.04. The molecule has 0 saturated heterocycles. The highest BCUT2D eigenvalue weighted by Gasteiger charge is 2.27. The number of rotatable bonds is 5. The fourth-order valence-corrected chi connectivity index (χ4v) is 2.44. The molecule has 0 aromatic heterocycles. The molecule has 0 radical (unpaired) electrons. The van der Waals surface area contributed by atoms with Crippen LogP contribution in [0.5, 0.6) is 0 Å². The Hall–Kier alpha value is -1.10. The molecule has 4 atom stereocenters. The van der Waals surface area contributed by atoms with Crippen molar-refractivity contribution in [1.82, 2.24) is 5.32 Å². The fourth-order valence-electron chi connectivity index (χ4n) is 2.44. The van der Waals surface area contributed by atoms with E-state index >= 15 is 0 Å². The lowest BCUT2D eigenvalue weighted by atomic mass is 9.80. The van der Waals surface area contributed by atoms with Gasteiger partial charge in [-0.1, -0.05) is 13.8 Å². The SMILES string of the molecule is COC(=O)C(COC1CCC(C)C(C)C1)NC(C)=O. The third-order valence-corrected chi connectivity index (χ3v) is 3.91. The van der Waals surface area contributed by atoms with Crippen molar-refractivity contribution in [1.29, 1.82) is 0 Å². The zero-order valence-electron chi connectivity index (χ0n) is 12.3. The van der Waals surface area contributed by atoms with Gasteiger partial charge in [0, 0.05) is 6.92 Å². The number of amides is 1. The summed E-state index contributed by atoms with van der Waals surface area (Å²) >= 11 is 0. The number of carbonyl (C=O) groups is 2. The molecule has 0 spiro atoms. The monoisotopic (exact) mass is 271 g/mol. The first-order valence-electron chi connectivity index (χ1n) is 6.90. The molecule has 1 amide bonds. The Morgan fingerprint density at radius 3 is 2.47 bits per heavy atom. The zero-order chi connectivity index (χ0) is 14.4. The molecule has 0 heterocycles. The Labute approximate surface area is 115 Å². The Morgan fingerprint density at radius 2 is 1.95 bits per heavy atom. The first-order valence-corrected chi connectivity index (χ1v) is 6.90. The van der Waals surface area contributed by atoms with Gasteiger partial charge in [-0.25, -0.2) is 4.79 Å². The maximum absolute atomic E-state index is 11.5. The summed E-state index contributed by atoms with van der Waals surface area (Å²) in [6, 6.07) is -0.711. The summed E-state index contributed by atoms with van der Waals surface area (Å²) in [7, 11) is 1.31. The Morgan fingerprint density at radius 1 is 1.26 bits per heavy atom. The highest BCUT2D eigenvalue weighted by molar-refractivity contribution is 5.83. The molecule has 0 aromatic carbocycles. The summed E-state index contributed by atoms with van der Waals surface area (Å²) in [5.74, 6) is 0.639. The predicted molar refractivity (Wildman–Crippen MR) is 71.5 cm³/mol. The van der Waals surface area contributed by atoms with Crippen molar-refractivity contribution in [2.45, 2.75) is 52.2 Å². The van der Waals surface area contributed by atoms with E-state index in [0.29, 0.717) is 5.92 Å². The minimum Gasteiger partial charge on any atom is -0.467 e. The second kappa shape index (κ2) is 7.48. The molecule has 1 N–H and O–H groups in total. The first-order chi connectivity index (χ1) is 8.93. The molecule has 1 aliphatic carbocycles. The van der Waals surface area contributed by atoms with Crippen LogP contribution in [0.3, 0.4) is 0 Å². The third kappa shape index (κ3) is 5.19. The van der Waals surface area contributed by atoms with Gasteiger partial charge < -0.3 is 14.8 Å². The van der Waals surface area contributed by atoms with Crippen molar-refractivity contribution in [2.24, 2.45) is 11.8 Å². The highest BCUT2D eigenvalue weighted by Crippen LogP contribution is 2.30. The van der Waals surface area contributed by atoms with E-state index in [1.165, 1.54) is 14.0 Å². The van der Waals surface area contributed by atoms with Gasteiger partial charge in [0.15, 0.2) is 6.04 Å². The molecule has 4 unspecified atom stereocenters. The summed E-state index contributed by atoms with van der Waals surface area (Å²) < 4.78 is 10.4. The second-order valence-electron chi connectivity index (χ2n) is 5.50. The lowest BCUT2D eigenvalue weighted by Gasteiger charge is -2.32. The largest absolute Gasteiger partial charge is 0.467 e. The lowest BCUT2D eigenvalue weighted by molar-refractivity contribution is -0.147. The molecule has 1 rings (SSSR count). The molecule has 0 aromatic rings. The van der Waals surface area contributed by atoms with Gasteiger partial charge >= 0.3 is 5.97 Å². The number of nitrogens with one attached hydrogen (secondary N) is 1. The van der Waals surface area contributed by atoms with Crippen LogP contribution in [0.1, 0.15) is 40.0 Å². The maximum Gasteiger partial charge on any atom is 0.330 e. The average Bonchev–Trinajstić information content (AvgIpc) is 2.37. The normalized spacial score (nSPS) is 28.5. The molecule has 1 fully saturated rings. The Kier molecular flexibility index (Phi) is 6.28. The van der Waals surface area contributed by atoms with E-state index in [0.717, 1.165) is 25.2 Å². The lowest BCUT2D eigenvalue weighted by Crippen LogP contribution is -2.45. The molecular formula is C14H25NO4. The minimum absolute atomic E-state index is 0.173. The van der Waals surface area contributed by atoms with Crippen molar-refractivity contribution in [3.63, 3.8) is 0 Å². The van der Waals surface area contributed by atoms with Crippen LogP contribution in [-0.2, 0) is 19.1 Å². The summed E-state index contributed by atoms with van der Waals surface area (Å²) in [6.07, 6.45) is 3.34. The Bertz CT molecular complexity index is 319. The van der Waals surface area contributed by atoms with Crippen molar-refractivity contribution in [2.75, 3.05) is 13.7 Å². The van der Waals surface area contributed by atoms with E-state index in [1.54, 1.807) is 0 Å². The molecule has 1 saturated carbocycles. The van der Waals surface area contributed by atoms with Crippen molar-refractivity contribution in [3.05, 3.63) is 0 Å². The number of ether oxygens (including phenoxy) is 2. The van der Waals surface area contributed by atoms with E-state index in [4.69, 9.17) is 4.74 Å². The van der Waals surface area contributed by atoms with Crippen molar-refractivity contribution >= 4 is 11.9 Å². The number of esters is 1.